The quantitative estimate of drug-likeness (QED) is 0.0320. The van der Waals surface area contributed by atoms with Crippen molar-refractivity contribution in [3.05, 3.63) is 12.2 Å². The summed E-state index contributed by atoms with van der Waals surface area (Å²) >= 11 is 0. The van der Waals surface area contributed by atoms with Crippen LogP contribution in [0.5, 0.6) is 0 Å². The molecule has 6 nitrogen and oxygen atoms in total. The molecule has 0 aromatic heterocycles. The lowest BCUT2D eigenvalue weighted by atomic mass is 10.0. The number of ether oxygens (including phenoxy) is 1. The molecule has 0 aromatic rings. The van der Waals surface area contributed by atoms with Crippen LogP contribution in [-0.2, 0) is 14.3 Å². The van der Waals surface area contributed by atoms with E-state index in [-0.39, 0.29) is 18.5 Å². The molecule has 0 heterocycles. The van der Waals surface area contributed by atoms with E-state index in [1.807, 2.05) is 0 Å². The van der Waals surface area contributed by atoms with E-state index >= 15 is 0 Å². The van der Waals surface area contributed by atoms with E-state index in [2.05, 4.69) is 31.3 Å². The average molecular weight is 1170 g/mol. The van der Waals surface area contributed by atoms with Crippen molar-refractivity contribution < 1.29 is 24.5 Å². The molecule has 2 unspecified atom stereocenters. The van der Waals surface area contributed by atoms with E-state index in [9.17, 15) is 19.8 Å². The van der Waals surface area contributed by atoms with Gasteiger partial charge in [0.05, 0.1) is 25.4 Å². The lowest BCUT2D eigenvalue weighted by Gasteiger charge is -2.22. The van der Waals surface area contributed by atoms with Crippen LogP contribution in [0.1, 0.15) is 444 Å². The van der Waals surface area contributed by atoms with E-state index < -0.39 is 12.1 Å². The molecular weight excluding hydrogens is 1020 g/mol. The Balaban J connectivity index is 3.35. The summed E-state index contributed by atoms with van der Waals surface area (Å²) in [5, 5.41) is 23.5. The van der Waals surface area contributed by atoms with Gasteiger partial charge in [-0.2, -0.15) is 0 Å². The Morgan fingerprint density at radius 2 is 0.566 bits per heavy atom. The van der Waals surface area contributed by atoms with E-state index in [1.54, 1.807) is 0 Å². The SMILES string of the molecule is CCCCCCCCC/C=C\CCCCCCCCCC(=O)OCCCCCCCCCCCCCCCCCCCCCCCCCCCC(=O)NC(CO)C(O)CCCCCCCCCCCCCCCCCCCCCCCCC. The fraction of sp³-hybridized carbons (Fsp3) is 0.948. The summed E-state index contributed by atoms with van der Waals surface area (Å²) in [5.41, 5.74) is 0. The fourth-order valence-electron chi connectivity index (χ4n) is 12.5. The number of aliphatic hydroxyl groups is 2. The second-order valence-electron chi connectivity index (χ2n) is 26.7. The molecule has 0 saturated heterocycles. The first-order valence-electron chi connectivity index (χ1n) is 38.4. The van der Waals surface area contributed by atoms with Crippen LogP contribution < -0.4 is 5.32 Å². The molecule has 0 spiro atoms. The predicted molar refractivity (Wildman–Crippen MR) is 366 cm³/mol. The molecule has 494 valence electrons. The number of unbranched alkanes of at least 4 members (excludes halogenated alkanes) is 60. The molecule has 2 atom stereocenters. The third kappa shape index (κ3) is 69.6. The second-order valence-corrected chi connectivity index (χ2v) is 26.7. The summed E-state index contributed by atoms with van der Waals surface area (Å²) in [6.45, 7) is 5.00. The van der Waals surface area contributed by atoms with Gasteiger partial charge >= 0.3 is 5.97 Å². The molecule has 3 N–H and O–H groups in total. The highest BCUT2D eigenvalue weighted by molar-refractivity contribution is 5.76. The van der Waals surface area contributed by atoms with Gasteiger partial charge in [-0.05, 0) is 51.4 Å². The van der Waals surface area contributed by atoms with Crippen molar-refractivity contribution in [3.63, 3.8) is 0 Å². The molecule has 0 bridgehead atoms. The average Bonchev–Trinajstić information content (AvgIpc) is 3.49. The topological polar surface area (TPSA) is 95.9 Å². The van der Waals surface area contributed by atoms with Crippen molar-refractivity contribution in [1.82, 2.24) is 5.32 Å². The molecule has 0 aliphatic heterocycles. The van der Waals surface area contributed by atoms with Crippen LogP contribution in [0.15, 0.2) is 12.2 Å². The Morgan fingerprint density at radius 3 is 0.855 bits per heavy atom. The highest BCUT2D eigenvalue weighted by Crippen LogP contribution is 2.20. The molecule has 0 rings (SSSR count). The molecule has 6 heteroatoms. The lowest BCUT2D eigenvalue weighted by molar-refractivity contribution is -0.143. The molecule has 0 saturated carbocycles. The third-order valence-electron chi connectivity index (χ3n) is 18.3. The van der Waals surface area contributed by atoms with Crippen LogP contribution in [0.2, 0.25) is 0 Å². The smallest absolute Gasteiger partial charge is 0.305 e. The first-order valence-corrected chi connectivity index (χ1v) is 38.4. The van der Waals surface area contributed by atoms with Gasteiger partial charge in [-0.1, -0.05) is 392 Å². The first kappa shape index (κ1) is 81.6. The second kappa shape index (κ2) is 73.1. The van der Waals surface area contributed by atoms with Crippen LogP contribution in [-0.4, -0.2) is 47.4 Å². The number of aliphatic hydroxyl groups excluding tert-OH is 2. The Kier molecular flexibility index (Phi) is 71.8. The number of carbonyl (C=O) groups is 2. The summed E-state index contributed by atoms with van der Waals surface area (Å²) < 4.78 is 5.51. The van der Waals surface area contributed by atoms with Gasteiger partial charge in [-0.15, -0.1) is 0 Å². The van der Waals surface area contributed by atoms with Gasteiger partial charge in [-0.25, -0.2) is 0 Å². The van der Waals surface area contributed by atoms with Crippen LogP contribution in [0.3, 0.4) is 0 Å². The number of allylic oxidation sites excluding steroid dienone is 2. The van der Waals surface area contributed by atoms with Crippen molar-refractivity contribution in [3.8, 4) is 0 Å². The fourth-order valence-corrected chi connectivity index (χ4v) is 12.5. The normalized spacial score (nSPS) is 12.5. The summed E-state index contributed by atoms with van der Waals surface area (Å²) in [4.78, 5) is 24.7. The molecule has 0 aromatic carbocycles. The number of hydrogen-bond acceptors (Lipinski definition) is 5. The summed E-state index contributed by atoms with van der Waals surface area (Å²) in [5.74, 6) is -0.0124. The molecule has 0 aliphatic rings. The largest absolute Gasteiger partial charge is 0.466 e. The maximum Gasteiger partial charge on any atom is 0.305 e. The standard InChI is InChI=1S/C77H151NO5/c1-3-5-7-9-11-13-15-17-19-21-23-24-28-31-34-37-41-45-49-53-57-61-65-69-75(80)74(73-79)78-76(81)70-66-62-58-54-50-46-42-38-35-32-29-26-25-27-30-33-36-40-44-48-52-56-60-64-68-72-83-77(82)71-67-63-59-55-51-47-43-39-22-20-18-16-14-12-10-8-6-4-2/h20,22,74-75,79-80H,3-19,21,23-73H2,1-2H3,(H,78,81)/b22-20-. The number of hydrogen-bond donors (Lipinski definition) is 3. The van der Waals surface area contributed by atoms with Gasteiger partial charge in [-0.3, -0.25) is 9.59 Å². The van der Waals surface area contributed by atoms with Gasteiger partial charge in [0, 0.05) is 12.8 Å². The van der Waals surface area contributed by atoms with Crippen molar-refractivity contribution in [2.75, 3.05) is 13.2 Å². The van der Waals surface area contributed by atoms with Gasteiger partial charge in [0.25, 0.3) is 0 Å². The van der Waals surface area contributed by atoms with Gasteiger partial charge in [0.1, 0.15) is 0 Å². The maximum absolute atomic E-state index is 12.6. The highest BCUT2D eigenvalue weighted by Gasteiger charge is 2.20. The summed E-state index contributed by atoms with van der Waals surface area (Å²) in [6, 6.07) is -0.541. The zero-order valence-electron chi connectivity index (χ0n) is 56.7. The molecule has 0 aliphatic carbocycles. The Bertz CT molecular complexity index is 1260. The maximum atomic E-state index is 12.6. The molecule has 1 amide bonds. The van der Waals surface area contributed by atoms with Crippen LogP contribution in [0.4, 0.5) is 0 Å². The third-order valence-corrected chi connectivity index (χ3v) is 18.3. The number of carbonyl (C=O) groups excluding carboxylic acids is 2. The monoisotopic (exact) mass is 1170 g/mol. The van der Waals surface area contributed by atoms with Gasteiger partial charge in [0.15, 0.2) is 0 Å². The van der Waals surface area contributed by atoms with Crippen LogP contribution >= 0.6 is 0 Å². The van der Waals surface area contributed by atoms with Crippen LogP contribution in [0, 0.1) is 0 Å². The minimum Gasteiger partial charge on any atom is -0.466 e. The van der Waals surface area contributed by atoms with Crippen molar-refractivity contribution >= 4 is 11.9 Å². The van der Waals surface area contributed by atoms with Crippen molar-refractivity contribution in [2.24, 2.45) is 0 Å². The minimum absolute atomic E-state index is 0.0150. The first-order chi connectivity index (χ1) is 41.0. The van der Waals surface area contributed by atoms with Crippen LogP contribution in [0.25, 0.3) is 0 Å². The lowest BCUT2D eigenvalue weighted by Crippen LogP contribution is -2.45. The highest BCUT2D eigenvalue weighted by atomic mass is 16.5. The Morgan fingerprint density at radius 1 is 0.325 bits per heavy atom. The van der Waals surface area contributed by atoms with E-state index in [0.29, 0.717) is 25.9 Å². The molecule has 0 fully saturated rings. The van der Waals surface area contributed by atoms with E-state index in [1.165, 1.54) is 366 Å². The van der Waals surface area contributed by atoms with E-state index in [0.717, 1.165) is 44.9 Å². The van der Waals surface area contributed by atoms with Crippen molar-refractivity contribution in [1.29, 1.82) is 0 Å². The number of rotatable bonds is 73. The summed E-state index contributed by atoms with van der Waals surface area (Å²) in [6.07, 6.45) is 91.4. The van der Waals surface area contributed by atoms with Crippen molar-refractivity contribution in [2.45, 2.75) is 456 Å². The molecule has 0 radical (unpaired) electrons. The van der Waals surface area contributed by atoms with Gasteiger partial charge in [0.2, 0.25) is 5.91 Å². The number of amides is 1. The molecule has 83 heavy (non-hydrogen) atoms. The Labute approximate surface area is 520 Å². The Hall–Kier alpha value is -1.40. The summed E-state index contributed by atoms with van der Waals surface area (Å²) in [7, 11) is 0. The minimum atomic E-state index is -0.664. The zero-order valence-corrected chi connectivity index (χ0v) is 56.7. The molecular formula is C77H151NO5. The van der Waals surface area contributed by atoms with Gasteiger partial charge < -0.3 is 20.3 Å². The zero-order chi connectivity index (χ0) is 59.9. The number of esters is 1. The van der Waals surface area contributed by atoms with E-state index in [4.69, 9.17) is 4.74 Å². The number of nitrogens with one attached hydrogen (secondary N) is 1. The predicted octanol–water partition coefficient (Wildman–Crippen LogP) is 25.1.